The molecule has 2 rings (SSSR count). The van der Waals surface area contributed by atoms with Crippen LogP contribution in [0.15, 0.2) is 24.3 Å². The molecule has 1 aromatic carbocycles. The lowest BCUT2D eigenvalue weighted by molar-refractivity contribution is -0.234. The number of aryl methyl sites for hydroxylation is 1. The summed E-state index contributed by atoms with van der Waals surface area (Å²) in [5, 5.41) is 0. The molecule has 1 heterocycles. The van der Waals surface area contributed by atoms with Gasteiger partial charge in [-0.25, -0.2) is 0 Å². The van der Waals surface area contributed by atoms with Crippen molar-refractivity contribution in [3.63, 3.8) is 0 Å². The molecule has 4 heteroatoms. The predicted octanol–water partition coefficient (Wildman–Crippen LogP) is 1.91. The number of esters is 2. The first-order chi connectivity index (χ1) is 7.89. The summed E-state index contributed by atoms with van der Waals surface area (Å²) in [5.41, 5.74) is 1.59. The number of hydrogen-bond donors (Lipinski definition) is 0. The Kier molecular flexibility index (Phi) is 2.65. The topological polar surface area (TPSA) is 52.6 Å². The first kappa shape index (κ1) is 11.6. The first-order valence-electron chi connectivity index (χ1n) is 5.41. The average Bonchev–Trinajstić information content (AvgIpc) is 2.13. The normalized spacial score (nSPS) is 19.7. The van der Waals surface area contributed by atoms with Crippen molar-refractivity contribution in [2.45, 2.75) is 32.5 Å². The highest BCUT2D eigenvalue weighted by Crippen LogP contribution is 2.30. The van der Waals surface area contributed by atoms with Gasteiger partial charge in [-0.2, -0.15) is 0 Å². The Labute approximate surface area is 99.5 Å². The van der Waals surface area contributed by atoms with E-state index in [0.29, 0.717) is 5.56 Å². The van der Waals surface area contributed by atoms with Gasteiger partial charge in [0.25, 0.3) is 5.79 Å². The number of ether oxygens (including phenoxy) is 2. The Morgan fingerprint density at radius 2 is 1.71 bits per heavy atom. The predicted molar refractivity (Wildman–Crippen MR) is 60.2 cm³/mol. The standard InChI is InChI=1S/C13H14O4/c1-8-5-4-6-9(7-8)10-11(14)16-13(2,3)17-12(10)15/h4-7,10H,1-3H3. The third-order valence-electron chi connectivity index (χ3n) is 2.54. The molecule has 1 fully saturated rings. The van der Waals surface area contributed by atoms with Crippen molar-refractivity contribution >= 4 is 11.9 Å². The second kappa shape index (κ2) is 3.87. The summed E-state index contributed by atoms with van der Waals surface area (Å²) in [4.78, 5) is 23.6. The molecule has 0 radical (unpaired) electrons. The quantitative estimate of drug-likeness (QED) is 0.550. The van der Waals surface area contributed by atoms with Gasteiger partial charge in [-0.05, 0) is 12.5 Å². The fraction of sp³-hybridized carbons (Fsp3) is 0.385. The van der Waals surface area contributed by atoms with Crippen LogP contribution in [0.4, 0.5) is 0 Å². The maximum absolute atomic E-state index is 11.8. The maximum Gasteiger partial charge on any atom is 0.328 e. The van der Waals surface area contributed by atoms with Crippen LogP contribution in [0, 0.1) is 6.92 Å². The highest BCUT2D eigenvalue weighted by molar-refractivity contribution is 6.02. The van der Waals surface area contributed by atoms with E-state index in [4.69, 9.17) is 9.47 Å². The molecule has 1 aromatic rings. The lowest BCUT2D eigenvalue weighted by Crippen LogP contribution is -2.45. The van der Waals surface area contributed by atoms with Gasteiger partial charge in [0.2, 0.25) is 0 Å². The zero-order chi connectivity index (χ0) is 12.6. The monoisotopic (exact) mass is 234 g/mol. The van der Waals surface area contributed by atoms with E-state index in [-0.39, 0.29) is 0 Å². The van der Waals surface area contributed by atoms with E-state index in [1.165, 1.54) is 13.8 Å². The Morgan fingerprint density at radius 1 is 1.12 bits per heavy atom. The van der Waals surface area contributed by atoms with E-state index in [1.54, 1.807) is 18.2 Å². The summed E-state index contributed by atoms with van der Waals surface area (Å²) in [6, 6.07) is 7.20. The molecule has 0 aromatic heterocycles. The molecule has 1 aliphatic rings. The van der Waals surface area contributed by atoms with Gasteiger partial charge in [0.1, 0.15) is 0 Å². The Balaban J connectivity index is 2.34. The van der Waals surface area contributed by atoms with Gasteiger partial charge in [0, 0.05) is 13.8 Å². The Morgan fingerprint density at radius 3 is 2.24 bits per heavy atom. The molecule has 0 saturated carbocycles. The lowest BCUT2D eigenvalue weighted by atomic mass is 9.96. The highest BCUT2D eigenvalue weighted by Gasteiger charge is 2.43. The summed E-state index contributed by atoms with van der Waals surface area (Å²) in [7, 11) is 0. The molecule has 17 heavy (non-hydrogen) atoms. The third-order valence-corrected chi connectivity index (χ3v) is 2.54. The fourth-order valence-electron chi connectivity index (χ4n) is 1.84. The van der Waals surface area contributed by atoms with Crippen LogP contribution in [0.25, 0.3) is 0 Å². The van der Waals surface area contributed by atoms with Crippen molar-refractivity contribution in [3.8, 4) is 0 Å². The van der Waals surface area contributed by atoms with E-state index in [9.17, 15) is 9.59 Å². The number of hydrogen-bond acceptors (Lipinski definition) is 4. The van der Waals surface area contributed by atoms with Gasteiger partial charge in [-0.15, -0.1) is 0 Å². The molecule has 1 saturated heterocycles. The van der Waals surface area contributed by atoms with Gasteiger partial charge >= 0.3 is 11.9 Å². The first-order valence-corrected chi connectivity index (χ1v) is 5.41. The van der Waals surface area contributed by atoms with E-state index in [2.05, 4.69) is 0 Å². The minimum absolute atomic E-state index is 0.558. The summed E-state index contributed by atoms with van der Waals surface area (Å²) >= 11 is 0. The van der Waals surface area contributed by atoms with Gasteiger partial charge < -0.3 is 9.47 Å². The van der Waals surface area contributed by atoms with E-state index < -0.39 is 23.6 Å². The molecule has 1 aliphatic heterocycles. The highest BCUT2D eigenvalue weighted by atomic mass is 16.7. The minimum Gasteiger partial charge on any atom is -0.422 e. The molecular formula is C13H14O4. The van der Waals surface area contributed by atoms with E-state index in [0.717, 1.165) is 5.56 Å². The Hall–Kier alpha value is -1.84. The molecule has 0 unspecified atom stereocenters. The molecule has 0 spiro atoms. The van der Waals surface area contributed by atoms with Crippen LogP contribution < -0.4 is 0 Å². The van der Waals surface area contributed by atoms with Gasteiger partial charge in [0.15, 0.2) is 5.92 Å². The minimum atomic E-state index is -1.17. The molecule has 0 amide bonds. The molecule has 0 atom stereocenters. The van der Waals surface area contributed by atoms with Crippen LogP contribution in [0.5, 0.6) is 0 Å². The zero-order valence-electron chi connectivity index (χ0n) is 10.0. The summed E-state index contributed by atoms with van der Waals surface area (Å²) in [6.07, 6.45) is 0. The van der Waals surface area contributed by atoms with Gasteiger partial charge in [-0.3, -0.25) is 9.59 Å². The van der Waals surface area contributed by atoms with Crippen molar-refractivity contribution in [1.82, 2.24) is 0 Å². The zero-order valence-corrected chi connectivity index (χ0v) is 10.0. The van der Waals surface area contributed by atoms with Crippen molar-refractivity contribution in [3.05, 3.63) is 35.4 Å². The molecule has 0 N–H and O–H groups in total. The molecule has 0 bridgehead atoms. The number of benzene rings is 1. The van der Waals surface area contributed by atoms with Crippen LogP contribution >= 0.6 is 0 Å². The van der Waals surface area contributed by atoms with Gasteiger partial charge in [-0.1, -0.05) is 29.8 Å². The number of rotatable bonds is 1. The number of carbonyl (C=O) groups excluding carboxylic acids is 2. The van der Waals surface area contributed by atoms with E-state index in [1.807, 2.05) is 13.0 Å². The fourth-order valence-corrected chi connectivity index (χ4v) is 1.84. The number of cyclic esters (lactones) is 2. The molecular weight excluding hydrogens is 220 g/mol. The van der Waals surface area contributed by atoms with E-state index >= 15 is 0 Å². The largest absolute Gasteiger partial charge is 0.422 e. The van der Waals surface area contributed by atoms with Crippen molar-refractivity contribution in [2.24, 2.45) is 0 Å². The summed E-state index contributed by atoms with van der Waals surface area (Å²) in [5.74, 6) is -3.26. The van der Waals surface area contributed by atoms with Crippen LogP contribution in [0.3, 0.4) is 0 Å². The van der Waals surface area contributed by atoms with Crippen LogP contribution in [0.2, 0.25) is 0 Å². The third kappa shape index (κ3) is 2.30. The molecule has 90 valence electrons. The maximum atomic E-state index is 11.8. The number of carbonyl (C=O) groups is 2. The van der Waals surface area contributed by atoms with Crippen molar-refractivity contribution in [2.75, 3.05) is 0 Å². The summed E-state index contributed by atoms with van der Waals surface area (Å²) in [6.45, 7) is 4.97. The summed E-state index contributed by atoms with van der Waals surface area (Å²) < 4.78 is 10.1. The lowest BCUT2D eigenvalue weighted by Gasteiger charge is -2.33. The van der Waals surface area contributed by atoms with Crippen LogP contribution in [0.1, 0.15) is 30.9 Å². The second-order valence-corrected chi connectivity index (χ2v) is 4.59. The smallest absolute Gasteiger partial charge is 0.328 e. The van der Waals surface area contributed by atoms with Crippen LogP contribution in [-0.2, 0) is 19.1 Å². The Bertz CT molecular complexity index is 456. The van der Waals surface area contributed by atoms with Crippen molar-refractivity contribution < 1.29 is 19.1 Å². The SMILES string of the molecule is Cc1cccc(C2C(=O)OC(C)(C)OC2=O)c1. The average molecular weight is 234 g/mol. The van der Waals surface area contributed by atoms with Crippen molar-refractivity contribution in [1.29, 1.82) is 0 Å². The van der Waals surface area contributed by atoms with Crippen LogP contribution in [-0.4, -0.2) is 17.7 Å². The molecule has 4 nitrogen and oxygen atoms in total. The molecule has 0 aliphatic carbocycles. The second-order valence-electron chi connectivity index (χ2n) is 4.59. The van der Waals surface area contributed by atoms with Gasteiger partial charge in [0.05, 0.1) is 0 Å².